The highest BCUT2D eigenvalue weighted by Crippen LogP contribution is 2.35. The third kappa shape index (κ3) is 7.44. The Kier molecular flexibility index (Phi) is 10.2. The maximum Gasteiger partial charge on any atom is 0.264 e. The highest BCUT2D eigenvalue weighted by molar-refractivity contribution is 7.92. The van der Waals surface area contributed by atoms with Gasteiger partial charge in [-0.05, 0) is 68.8 Å². The molecule has 0 saturated heterocycles. The molecule has 0 spiro atoms. The van der Waals surface area contributed by atoms with Gasteiger partial charge in [-0.3, -0.25) is 13.9 Å². The van der Waals surface area contributed by atoms with Crippen LogP contribution in [0.4, 0.5) is 5.69 Å². The van der Waals surface area contributed by atoms with Gasteiger partial charge in [0.25, 0.3) is 10.0 Å². The molecule has 3 aromatic rings. The number of benzene rings is 3. The molecular formula is C28H31Cl2N3O5S. The number of nitrogens with zero attached hydrogens (tertiary/aromatic N) is 2. The van der Waals surface area contributed by atoms with Gasteiger partial charge >= 0.3 is 0 Å². The van der Waals surface area contributed by atoms with Crippen molar-refractivity contribution in [3.05, 3.63) is 87.9 Å². The van der Waals surface area contributed by atoms with Crippen molar-refractivity contribution < 1.29 is 22.7 Å². The van der Waals surface area contributed by atoms with E-state index in [0.29, 0.717) is 17.1 Å². The van der Waals surface area contributed by atoms with Crippen LogP contribution in [0.3, 0.4) is 0 Å². The van der Waals surface area contributed by atoms with Crippen molar-refractivity contribution in [2.75, 3.05) is 24.5 Å². The molecule has 0 bridgehead atoms. The fourth-order valence-corrected chi connectivity index (χ4v) is 5.74. The van der Waals surface area contributed by atoms with E-state index in [4.69, 9.17) is 27.9 Å². The average molecular weight is 593 g/mol. The first kappa shape index (κ1) is 30.3. The number of carbonyl (C=O) groups is 2. The number of hydrogen-bond acceptors (Lipinski definition) is 5. The molecule has 1 N–H and O–H groups in total. The molecule has 0 radical (unpaired) electrons. The number of amides is 2. The lowest BCUT2D eigenvalue weighted by molar-refractivity contribution is -0.139. The van der Waals surface area contributed by atoms with Crippen LogP contribution in [-0.4, -0.2) is 51.4 Å². The second kappa shape index (κ2) is 13.2. The number of aryl methyl sites for hydroxylation is 1. The van der Waals surface area contributed by atoms with Gasteiger partial charge in [0.15, 0.2) is 0 Å². The molecule has 0 aliphatic heterocycles. The van der Waals surface area contributed by atoms with Crippen molar-refractivity contribution in [2.24, 2.45) is 0 Å². The van der Waals surface area contributed by atoms with Crippen LogP contribution >= 0.6 is 23.2 Å². The van der Waals surface area contributed by atoms with Gasteiger partial charge in [-0.15, -0.1) is 0 Å². The number of rotatable bonds is 11. The smallest absolute Gasteiger partial charge is 0.264 e. The SMILES string of the molecule is CCNC(=O)C(C)N(Cc1cccc(Cl)c1)C(=O)CN(c1cc(Cl)ccc1OC)S(=O)(=O)c1ccc(C)cc1. The molecule has 3 rings (SSSR count). The van der Waals surface area contributed by atoms with Gasteiger partial charge in [0.1, 0.15) is 18.3 Å². The summed E-state index contributed by atoms with van der Waals surface area (Å²) in [6.45, 7) is 4.99. The van der Waals surface area contributed by atoms with Crippen molar-refractivity contribution in [1.29, 1.82) is 0 Å². The molecule has 11 heteroatoms. The Bertz CT molecular complexity index is 1430. The van der Waals surface area contributed by atoms with Crippen LogP contribution < -0.4 is 14.4 Å². The Balaban J connectivity index is 2.10. The zero-order chi connectivity index (χ0) is 28.7. The first-order valence-corrected chi connectivity index (χ1v) is 14.4. The zero-order valence-corrected chi connectivity index (χ0v) is 24.5. The van der Waals surface area contributed by atoms with E-state index in [2.05, 4.69) is 5.32 Å². The minimum atomic E-state index is -4.26. The van der Waals surface area contributed by atoms with Gasteiger partial charge in [-0.25, -0.2) is 8.42 Å². The second-order valence-corrected chi connectivity index (χ2v) is 11.6. The van der Waals surface area contributed by atoms with E-state index in [9.17, 15) is 18.0 Å². The normalized spacial score (nSPS) is 11.9. The Morgan fingerprint density at radius 2 is 1.67 bits per heavy atom. The minimum absolute atomic E-state index is 0.0129. The number of nitrogens with one attached hydrogen (secondary N) is 1. The number of ether oxygens (including phenoxy) is 1. The molecular weight excluding hydrogens is 561 g/mol. The Labute approximate surface area is 239 Å². The summed E-state index contributed by atoms with van der Waals surface area (Å²) in [5, 5.41) is 3.45. The van der Waals surface area contributed by atoms with Crippen LogP contribution in [0, 0.1) is 6.92 Å². The van der Waals surface area contributed by atoms with E-state index in [1.807, 2.05) is 6.92 Å². The van der Waals surface area contributed by atoms with Crippen LogP contribution in [0.5, 0.6) is 5.75 Å². The number of carbonyl (C=O) groups excluding carboxylic acids is 2. The monoisotopic (exact) mass is 591 g/mol. The number of anilines is 1. The van der Waals surface area contributed by atoms with Crippen LogP contribution in [0.15, 0.2) is 71.6 Å². The number of hydrogen-bond donors (Lipinski definition) is 1. The lowest BCUT2D eigenvalue weighted by Crippen LogP contribution is -2.51. The van der Waals surface area contributed by atoms with Crippen LogP contribution in [0.2, 0.25) is 10.0 Å². The van der Waals surface area contributed by atoms with Crippen molar-refractivity contribution in [1.82, 2.24) is 10.2 Å². The Morgan fingerprint density at radius 1 is 1.00 bits per heavy atom. The van der Waals surface area contributed by atoms with Gasteiger partial charge in [-0.1, -0.05) is 53.0 Å². The number of sulfonamides is 1. The zero-order valence-electron chi connectivity index (χ0n) is 22.1. The highest BCUT2D eigenvalue weighted by atomic mass is 35.5. The summed E-state index contributed by atoms with van der Waals surface area (Å²) in [5.74, 6) is -0.770. The molecule has 8 nitrogen and oxygen atoms in total. The molecule has 3 aromatic carbocycles. The van der Waals surface area contributed by atoms with E-state index in [1.165, 1.54) is 36.3 Å². The Hall–Kier alpha value is -3.27. The maximum atomic E-state index is 14.0. The molecule has 39 heavy (non-hydrogen) atoms. The van der Waals surface area contributed by atoms with E-state index in [1.54, 1.807) is 56.3 Å². The highest BCUT2D eigenvalue weighted by Gasteiger charge is 2.34. The summed E-state index contributed by atoms with van der Waals surface area (Å²) in [7, 11) is -2.86. The summed E-state index contributed by atoms with van der Waals surface area (Å²) in [5.41, 5.74) is 1.65. The van der Waals surface area contributed by atoms with Crippen molar-refractivity contribution >= 4 is 50.7 Å². The maximum absolute atomic E-state index is 14.0. The lowest BCUT2D eigenvalue weighted by atomic mass is 10.1. The third-order valence-electron chi connectivity index (χ3n) is 6.06. The fourth-order valence-electron chi connectivity index (χ4n) is 3.95. The lowest BCUT2D eigenvalue weighted by Gasteiger charge is -2.32. The van der Waals surface area contributed by atoms with Gasteiger partial charge < -0.3 is 15.0 Å². The number of methoxy groups -OCH3 is 1. The van der Waals surface area contributed by atoms with Gasteiger partial charge in [0, 0.05) is 23.1 Å². The topological polar surface area (TPSA) is 96.0 Å². The quantitative estimate of drug-likeness (QED) is 0.336. The first-order valence-electron chi connectivity index (χ1n) is 12.2. The Morgan fingerprint density at radius 3 is 2.28 bits per heavy atom. The fraction of sp³-hybridized carbons (Fsp3) is 0.286. The van der Waals surface area contributed by atoms with E-state index < -0.39 is 28.5 Å². The van der Waals surface area contributed by atoms with E-state index in [-0.39, 0.29) is 33.8 Å². The van der Waals surface area contributed by atoms with Crippen LogP contribution in [-0.2, 0) is 26.2 Å². The van der Waals surface area contributed by atoms with Crippen LogP contribution in [0.25, 0.3) is 0 Å². The largest absolute Gasteiger partial charge is 0.495 e. The summed E-state index contributed by atoms with van der Waals surface area (Å²) in [6.07, 6.45) is 0. The molecule has 0 saturated carbocycles. The van der Waals surface area contributed by atoms with Crippen molar-refractivity contribution in [2.45, 2.75) is 38.3 Å². The van der Waals surface area contributed by atoms with E-state index >= 15 is 0 Å². The molecule has 2 amide bonds. The van der Waals surface area contributed by atoms with Crippen LogP contribution in [0.1, 0.15) is 25.0 Å². The van der Waals surface area contributed by atoms with E-state index in [0.717, 1.165) is 9.87 Å². The summed E-state index contributed by atoms with van der Waals surface area (Å²) in [6, 6.07) is 16.8. The third-order valence-corrected chi connectivity index (χ3v) is 8.30. The molecule has 1 atom stereocenters. The number of likely N-dealkylation sites (N-methyl/N-ethyl adjacent to an activating group) is 1. The van der Waals surface area contributed by atoms with Crippen molar-refractivity contribution in [3.8, 4) is 5.75 Å². The molecule has 0 aromatic heterocycles. The first-order chi connectivity index (χ1) is 18.5. The summed E-state index contributed by atoms with van der Waals surface area (Å²) in [4.78, 5) is 28.0. The molecule has 208 valence electrons. The molecule has 0 heterocycles. The molecule has 0 aliphatic rings. The average Bonchev–Trinajstić information content (AvgIpc) is 2.90. The van der Waals surface area contributed by atoms with Crippen molar-refractivity contribution in [3.63, 3.8) is 0 Å². The molecule has 1 unspecified atom stereocenters. The summed E-state index contributed by atoms with van der Waals surface area (Å²) >= 11 is 12.4. The summed E-state index contributed by atoms with van der Waals surface area (Å²) < 4.78 is 34.3. The minimum Gasteiger partial charge on any atom is -0.495 e. The van der Waals surface area contributed by atoms with Gasteiger partial charge in [0.2, 0.25) is 11.8 Å². The molecule has 0 aliphatic carbocycles. The predicted octanol–water partition coefficient (Wildman–Crippen LogP) is 5.06. The number of halogens is 2. The predicted molar refractivity (Wildman–Crippen MR) is 154 cm³/mol. The standard InChI is InChI=1S/C28H31Cl2N3O5S/c1-5-31-28(35)20(3)32(17-21-7-6-8-22(29)15-21)27(34)18-33(25-16-23(30)11-14-26(25)38-4)39(36,37)24-12-9-19(2)10-13-24/h6-16,20H,5,17-18H2,1-4H3,(H,31,35). The second-order valence-electron chi connectivity index (χ2n) is 8.86. The molecule has 0 fully saturated rings. The van der Waals surface area contributed by atoms with Gasteiger partial charge in [0.05, 0.1) is 17.7 Å². The van der Waals surface area contributed by atoms with Gasteiger partial charge in [-0.2, -0.15) is 0 Å².